The van der Waals surface area contributed by atoms with E-state index in [1.807, 2.05) is 0 Å². The number of fused-ring (bicyclic) bond motifs is 1. The Balaban J connectivity index is 1.41. The number of H-pyrrole nitrogens is 1. The Kier molecular flexibility index (Phi) is 6.61. The van der Waals surface area contributed by atoms with E-state index in [0.717, 1.165) is 0 Å². The Morgan fingerprint density at radius 3 is 2.42 bits per heavy atom. The zero-order chi connectivity index (χ0) is 26.8. The molecule has 0 amide bonds. The van der Waals surface area contributed by atoms with Crippen LogP contribution in [0, 0.1) is 18.6 Å². The van der Waals surface area contributed by atoms with Crippen LogP contribution in [0.15, 0.2) is 71.8 Å². The molecule has 38 heavy (non-hydrogen) atoms. The maximum absolute atomic E-state index is 15.1. The molecule has 8 nitrogen and oxygen atoms in total. The fourth-order valence-electron chi connectivity index (χ4n) is 4.02. The summed E-state index contributed by atoms with van der Waals surface area (Å²) in [7, 11) is 3.03. The molecule has 0 fully saturated rings. The fourth-order valence-corrected chi connectivity index (χ4v) is 4.02. The van der Waals surface area contributed by atoms with E-state index in [4.69, 9.17) is 14.2 Å². The number of hydrogen-bond donors (Lipinski definition) is 2. The molecular formula is C28H22F2N4O4. The third-order valence-corrected chi connectivity index (χ3v) is 5.92. The number of nitrogens with zero attached hydrogens (tertiary/aromatic N) is 2. The lowest BCUT2D eigenvalue weighted by atomic mass is 10.1. The van der Waals surface area contributed by atoms with E-state index in [-0.39, 0.29) is 23.1 Å². The summed E-state index contributed by atoms with van der Waals surface area (Å²) < 4.78 is 45.1. The van der Waals surface area contributed by atoms with E-state index in [0.29, 0.717) is 45.0 Å². The standard InChI is InChI=1S/C28H22F2N4O4/c1-15-12-17(29)5-7-21(15)33-28-32-14-19(27(35)34-28)16-4-8-23(20(30)13-16)38-22-10-11-31-25-18(22)6-9-24(36-2)26(25)37-3/h4-14H,1-3H3,(H2,32,33,34,35). The minimum absolute atomic E-state index is 0.0366. The van der Waals surface area contributed by atoms with Crippen molar-refractivity contribution in [1.82, 2.24) is 15.0 Å². The van der Waals surface area contributed by atoms with Gasteiger partial charge in [-0.1, -0.05) is 6.07 Å². The molecule has 0 spiro atoms. The van der Waals surface area contributed by atoms with E-state index in [9.17, 15) is 9.18 Å². The highest BCUT2D eigenvalue weighted by Gasteiger charge is 2.16. The molecule has 0 aliphatic heterocycles. The predicted molar refractivity (Wildman–Crippen MR) is 140 cm³/mol. The van der Waals surface area contributed by atoms with Crippen LogP contribution in [-0.2, 0) is 0 Å². The van der Waals surface area contributed by atoms with Crippen LogP contribution in [-0.4, -0.2) is 29.2 Å². The van der Waals surface area contributed by atoms with Crippen molar-refractivity contribution in [3.63, 3.8) is 0 Å². The fraction of sp³-hybridized carbons (Fsp3) is 0.107. The van der Waals surface area contributed by atoms with E-state index in [1.54, 1.807) is 37.3 Å². The van der Waals surface area contributed by atoms with E-state index >= 15 is 4.39 Å². The van der Waals surface area contributed by atoms with Gasteiger partial charge in [-0.2, -0.15) is 0 Å². The largest absolute Gasteiger partial charge is 0.493 e. The maximum Gasteiger partial charge on any atom is 0.260 e. The zero-order valence-corrected chi connectivity index (χ0v) is 20.6. The van der Waals surface area contributed by atoms with Crippen LogP contribution in [0.25, 0.3) is 22.0 Å². The number of ether oxygens (including phenoxy) is 3. The number of pyridine rings is 1. The van der Waals surface area contributed by atoms with Gasteiger partial charge < -0.3 is 19.5 Å². The molecule has 2 N–H and O–H groups in total. The molecule has 3 aromatic carbocycles. The second-order valence-electron chi connectivity index (χ2n) is 8.31. The number of aromatic nitrogens is 3. The first kappa shape index (κ1) is 24.7. The summed E-state index contributed by atoms with van der Waals surface area (Å²) in [5, 5.41) is 3.55. The van der Waals surface area contributed by atoms with E-state index in [2.05, 4.69) is 20.3 Å². The molecule has 192 valence electrons. The molecule has 5 aromatic rings. The molecule has 0 saturated heterocycles. The van der Waals surface area contributed by atoms with Crippen molar-refractivity contribution >= 4 is 22.5 Å². The quantitative estimate of drug-likeness (QED) is 0.269. The lowest BCUT2D eigenvalue weighted by molar-refractivity contribution is 0.358. The number of aromatic amines is 1. The third-order valence-electron chi connectivity index (χ3n) is 5.92. The van der Waals surface area contributed by atoms with Crippen LogP contribution in [0.2, 0.25) is 0 Å². The van der Waals surface area contributed by atoms with Crippen LogP contribution in [0.5, 0.6) is 23.0 Å². The Hall–Kier alpha value is -4.99. The van der Waals surface area contributed by atoms with Crippen LogP contribution < -0.4 is 25.1 Å². The number of anilines is 2. The van der Waals surface area contributed by atoms with Gasteiger partial charge in [-0.15, -0.1) is 0 Å². The van der Waals surface area contributed by atoms with Gasteiger partial charge in [-0.3, -0.25) is 14.8 Å². The molecule has 5 rings (SSSR count). The summed E-state index contributed by atoms with van der Waals surface area (Å²) in [5.41, 5.74) is 1.76. The average molecular weight is 517 g/mol. The SMILES string of the molecule is COc1ccc2c(Oc3ccc(-c4cnc(Nc5ccc(F)cc5C)[nH]c4=O)cc3F)ccnc2c1OC. The summed E-state index contributed by atoms with van der Waals surface area (Å²) >= 11 is 0. The lowest BCUT2D eigenvalue weighted by Gasteiger charge is -2.13. The summed E-state index contributed by atoms with van der Waals surface area (Å²) in [4.78, 5) is 23.9. The van der Waals surface area contributed by atoms with Crippen molar-refractivity contribution in [3.8, 4) is 34.1 Å². The molecule has 0 aliphatic rings. The highest BCUT2D eigenvalue weighted by molar-refractivity contribution is 5.92. The Morgan fingerprint density at radius 2 is 1.71 bits per heavy atom. The van der Waals surface area contributed by atoms with Crippen LogP contribution in [0.1, 0.15) is 5.56 Å². The highest BCUT2D eigenvalue weighted by atomic mass is 19.1. The van der Waals surface area contributed by atoms with Gasteiger partial charge in [0.1, 0.15) is 17.1 Å². The number of aryl methyl sites for hydroxylation is 1. The van der Waals surface area contributed by atoms with Crippen molar-refractivity contribution in [1.29, 1.82) is 0 Å². The third kappa shape index (κ3) is 4.71. The Morgan fingerprint density at radius 1 is 0.895 bits per heavy atom. The number of hydrogen-bond acceptors (Lipinski definition) is 7. The van der Waals surface area contributed by atoms with Crippen molar-refractivity contribution < 1.29 is 23.0 Å². The van der Waals surface area contributed by atoms with Gasteiger partial charge in [-0.05, 0) is 66.6 Å². The van der Waals surface area contributed by atoms with Gasteiger partial charge in [0.15, 0.2) is 23.1 Å². The molecule has 10 heteroatoms. The van der Waals surface area contributed by atoms with Crippen LogP contribution in [0.3, 0.4) is 0 Å². The molecule has 0 unspecified atom stereocenters. The van der Waals surface area contributed by atoms with Crippen LogP contribution in [0.4, 0.5) is 20.4 Å². The molecule has 0 saturated carbocycles. The van der Waals surface area contributed by atoms with Crippen molar-refractivity contribution in [3.05, 3.63) is 94.5 Å². The summed E-state index contributed by atoms with van der Waals surface area (Å²) in [6, 6.07) is 13.5. The summed E-state index contributed by atoms with van der Waals surface area (Å²) in [6.07, 6.45) is 2.87. The molecule has 2 heterocycles. The van der Waals surface area contributed by atoms with Gasteiger partial charge in [0.25, 0.3) is 5.56 Å². The van der Waals surface area contributed by atoms with Crippen molar-refractivity contribution in [2.24, 2.45) is 0 Å². The van der Waals surface area contributed by atoms with Gasteiger partial charge in [0, 0.05) is 23.5 Å². The van der Waals surface area contributed by atoms with Gasteiger partial charge in [0.05, 0.1) is 19.8 Å². The van der Waals surface area contributed by atoms with Crippen molar-refractivity contribution in [2.75, 3.05) is 19.5 Å². The molecule has 0 aliphatic carbocycles. The first-order valence-corrected chi connectivity index (χ1v) is 11.5. The molecule has 0 bridgehead atoms. The number of halogens is 2. The van der Waals surface area contributed by atoms with Gasteiger partial charge in [0.2, 0.25) is 5.95 Å². The lowest BCUT2D eigenvalue weighted by Crippen LogP contribution is -2.13. The topological polar surface area (TPSA) is 98.4 Å². The summed E-state index contributed by atoms with van der Waals surface area (Å²) in [5.74, 6) is 0.413. The second kappa shape index (κ2) is 10.2. The first-order valence-electron chi connectivity index (χ1n) is 11.5. The predicted octanol–water partition coefficient (Wildman–Crippen LogP) is 6.12. The normalized spacial score (nSPS) is 10.9. The van der Waals surface area contributed by atoms with Crippen molar-refractivity contribution in [2.45, 2.75) is 6.92 Å². The van der Waals surface area contributed by atoms with Gasteiger partial charge in [-0.25, -0.2) is 13.8 Å². The zero-order valence-electron chi connectivity index (χ0n) is 20.6. The monoisotopic (exact) mass is 516 g/mol. The molecule has 0 atom stereocenters. The first-order chi connectivity index (χ1) is 18.4. The molecule has 2 aromatic heterocycles. The smallest absolute Gasteiger partial charge is 0.260 e. The minimum atomic E-state index is -0.670. The van der Waals surface area contributed by atoms with E-state index in [1.165, 1.54) is 50.9 Å². The number of nitrogens with one attached hydrogen (secondary N) is 2. The maximum atomic E-state index is 15.1. The van der Waals surface area contributed by atoms with E-state index < -0.39 is 11.4 Å². The number of benzene rings is 3. The number of methoxy groups -OCH3 is 2. The molecule has 0 radical (unpaired) electrons. The average Bonchev–Trinajstić information content (AvgIpc) is 2.91. The second-order valence-corrected chi connectivity index (χ2v) is 8.31. The molecular weight excluding hydrogens is 494 g/mol. The summed E-state index contributed by atoms with van der Waals surface area (Å²) in [6.45, 7) is 1.73. The van der Waals surface area contributed by atoms with Gasteiger partial charge >= 0.3 is 0 Å². The minimum Gasteiger partial charge on any atom is -0.493 e. The highest BCUT2D eigenvalue weighted by Crippen LogP contribution is 2.39. The Labute approximate surface area is 215 Å². The Bertz CT molecular complexity index is 1720. The number of rotatable bonds is 7. The van der Waals surface area contributed by atoms with Crippen LogP contribution >= 0.6 is 0 Å².